The van der Waals surface area contributed by atoms with Crippen molar-refractivity contribution in [1.29, 1.82) is 0 Å². The molecule has 11 heavy (non-hydrogen) atoms. The van der Waals surface area contributed by atoms with E-state index >= 15 is 0 Å². The average Bonchev–Trinajstić information content (AvgIpc) is 2.06. The minimum atomic E-state index is 0.483. The van der Waals surface area contributed by atoms with E-state index in [2.05, 4.69) is 13.5 Å². The van der Waals surface area contributed by atoms with Crippen molar-refractivity contribution in [2.24, 2.45) is 0 Å². The van der Waals surface area contributed by atoms with Crippen molar-refractivity contribution < 1.29 is 4.74 Å². The van der Waals surface area contributed by atoms with Gasteiger partial charge in [0.1, 0.15) is 0 Å². The molecule has 0 unspecified atom stereocenters. The number of rotatable bonds is 3. The molecule has 0 N–H and O–H groups in total. The summed E-state index contributed by atoms with van der Waals surface area (Å²) in [4.78, 5) is 0. The molecule has 1 saturated carbocycles. The molecule has 1 rings (SSSR count). The summed E-state index contributed by atoms with van der Waals surface area (Å²) < 4.78 is 5.65. The minimum absolute atomic E-state index is 0.483. The van der Waals surface area contributed by atoms with E-state index in [0.717, 1.165) is 12.2 Å². The Bertz CT molecular complexity index is 123. The second-order valence-electron chi connectivity index (χ2n) is 3.27. The predicted molar refractivity (Wildman–Crippen MR) is 47.4 cm³/mol. The topological polar surface area (TPSA) is 9.23 Å². The summed E-state index contributed by atoms with van der Waals surface area (Å²) in [6.45, 7) is 5.93. The lowest BCUT2D eigenvalue weighted by Gasteiger charge is -2.23. The molecule has 0 radical (unpaired) electrons. The van der Waals surface area contributed by atoms with Crippen LogP contribution >= 0.6 is 0 Å². The monoisotopic (exact) mass is 154 g/mol. The summed E-state index contributed by atoms with van der Waals surface area (Å²) in [5, 5.41) is 0. The maximum absolute atomic E-state index is 5.65. The maximum Gasteiger partial charge on any atom is 0.0982 e. The fourth-order valence-corrected chi connectivity index (χ4v) is 1.50. The van der Waals surface area contributed by atoms with E-state index in [4.69, 9.17) is 4.74 Å². The summed E-state index contributed by atoms with van der Waals surface area (Å²) >= 11 is 0. The molecule has 64 valence electrons. The van der Waals surface area contributed by atoms with E-state index in [1.165, 1.54) is 32.1 Å². The fraction of sp³-hybridized carbons (Fsp3) is 0.800. The van der Waals surface area contributed by atoms with Crippen LogP contribution in [0.4, 0.5) is 0 Å². The molecule has 0 aliphatic heterocycles. The highest BCUT2D eigenvalue weighted by molar-refractivity contribution is 4.82. The van der Waals surface area contributed by atoms with Crippen LogP contribution in [-0.4, -0.2) is 6.10 Å². The van der Waals surface area contributed by atoms with E-state index in [-0.39, 0.29) is 0 Å². The number of allylic oxidation sites excluding steroid dienone is 1. The molecule has 1 heteroatoms. The van der Waals surface area contributed by atoms with Crippen molar-refractivity contribution in [1.82, 2.24) is 0 Å². The normalized spacial score (nSPS) is 19.7. The van der Waals surface area contributed by atoms with Crippen LogP contribution in [0.25, 0.3) is 0 Å². The predicted octanol–water partition coefficient (Wildman–Crippen LogP) is 3.26. The SMILES string of the molecule is C=C(CC)OC1CCCCC1. The molecule has 0 heterocycles. The zero-order chi connectivity index (χ0) is 8.10. The molecule has 1 nitrogen and oxygen atoms in total. The van der Waals surface area contributed by atoms with Crippen molar-refractivity contribution in [3.63, 3.8) is 0 Å². The zero-order valence-electron chi connectivity index (χ0n) is 7.44. The molecule has 1 fully saturated rings. The fourth-order valence-electron chi connectivity index (χ4n) is 1.50. The molecule has 0 aromatic rings. The lowest BCUT2D eigenvalue weighted by Crippen LogP contribution is -2.15. The van der Waals surface area contributed by atoms with Gasteiger partial charge < -0.3 is 4.74 Å². The van der Waals surface area contributed by atoms with Gasteiger partial charge in [0.2, 0.25) is 0 Å². The highest BCUT2D eigenvalue weighted by Gasteiger charge is 2.14. The van der Waals surface area contributed by atoms with E-state index < -0.39 is 0 Å². The smallest absolute Gasteiger partial charge is 0.0982 e. The molecule has 0 amide bonds. The van der Waals surface area contributed by atoms with Gasteiger partial charge in [0.25, 0.3) is 0 Å². The van der Waals surface area contributed by atoms with Crippen molar-refractivity contribution in [3.05, 3.63) is 12.3 Å². The third-order valence-corrected chi connectivity index (χ3v) is 2.28. The number of hydrogen-bond acceptors (Lipinski definition) is 1. The Morgan fingerprint density at radius 1 is 1.36 bits per heavy atom. The molecule has 0 saturated heterocycles. The second kappa shape index (κ2) is 4.42. The Hall–Kier alpha value is -0.460. The third kappa shape index (κ3) is 2.96. The Morgan fingerprint density at radius 2 is 2.00 bits per heavy atom. The van der Waals surface area contributed by atoms with Crippen LogP contribution in [0.1, 0.15) is 45.4 Å². The Kier molecular flexibility index (Phi) is 3.47. The van der Waals surface area contributed by atoms with Gasteiger partial charge in [-0.15, -0.1) is 0 Å². The zero-order valence-corrected chi connectivity index (χ0v) is 7.44. The van der Waals surface area contributed by atoms with E-state index in [1.54, 1.807) is 0 Å². The van der Waals surface area contributed by atoms with Crippen LogP contribution in [-0.2, 0) is 4.74 Å². The number of hydrogen-bond donors (Lipinski definition) is 0. The molecule has 0 aromatic heterocycles. The van der Waals surface area contributed by atoms with Gasteiger partial charge in [0, 0.05) is 6.42 Å². The van der Waals surface area contributed by atoms with Gasteiger partial charge >= 0.3 is 0 Å². The van der Waals surface area contributed by atoms with Crippen LogP contribution in [0.5, 0.6) is 0 Å². The standard InChI is InChI=1S/C10H18O/c1-3-9(2)11-10-7-5-4-6-8-10/h10H,2-8H2,1H3. The molecule has 0 bridgehead atoms. The van der Waals surface area contributed by atoms with Crippen LogP contribution in [0.2, 0.25) is 0 Å². The van der Waals surface area contributed by atoms with Crippen LogP contribution in [0.3, 0.4) is 0 Å². The molecular formula is C10H18O. The van der Waals surface area contributed by atoms with Gasteiger partial charge in [-0.05, 0) is 25.7 Å². The first kappa shape index (κ1) is 8.63. The lowest BCUT2D eigenvalue weighted by atomic mass is 9.98. The quantitative estimate of drug-likeness (QED) is 0.567. The van der Waals surface area contributed by atoms with E-state index in [0.29, 0.717) is 6.10 Å². The van der Waals surface area contributed by atoms with E-state index in [1.807, 2.05) is 0 Å². The number of ether oxygens (including phenoxy) is 1. The van der Waals surface area contributed by atoms with Crippen LogP contribution < -0.4 is 0 Å². The van der Waals surface area contributed by atoms with Gasteiger partial charge in [-0.1, -0.05) is 19.9 Å². The second-order valence-corrected chi connectivity index (χ2v) is 3.27. The van der Waals surface area contributed by atoms with Crippen molar-refractivity contribution >= 4 is 0 Å². The summed E-state index contributed by atoms with van der Waals surface area (Å²) in [6.07, 6.45) is 7.97. The van der Waals surface area contributed by atoms with Gasteiger partial charge in [0.15, 0.2) is 0 Å². The first-order valence-electron chi connectivity index (χ1n) is 4.67. The van der Waals surface area contributed by atoms with Crippen molar-refractivity contribution in [2.75, 3.05) is 0 Å². The van der Waals surface area contributed by atoms with Crippen molar-refractivity contribution in [3.8, 4) is 0 Å². The molecule has 0 aromatic carbocycles. The van der Waals surface area contributed by atoms with Gasteiger partial charge in [0.05, 0.1) is 11.9 Å². The van der Waals surface area contributed by atoms with E-state index in [9.17, 15) is 0 Å². The summed E-state index contributed by atoms with van der Waals surface area (Å²) in [6, 6.07) is 0. The molecule has 1 aliphatic rings. The van der Waals surface area contributed by atoms with Crippen LogP contribution in [0, 0.1) is 0 Å². The van der Waals surface area contributed by atoms with Gasteiger partial charge in [-0.3, -0.25) is 0 Å². The Balaban J connectivity index is 2.19. The summed E-state index contributed by atoms with van der Waals surface area (Å²) in [5.41, 5.74) is 0. The first-order chi connectivity index (χ1) is 5.33. The highest BCUT2D eigenvalue weighted by Crippen LogP contribution is 2.22. The highest BCUT2D eigenvalue weighted by atomic mass is 16.5. The van der Waals surface area contributed by atoms with Gasteiger partial charge in [-0.25, -0.2) is 0 Å². The minimum Gasteiger partial charge on any atom is -0.495 e. The maximum atomic E-state index is 5.65. The van der Waals surface area contributed by atoms with Crippen molar-refractivity contribution in [2.45, 2.75) is 51.6 Å². The average molecular weight is 154 g/mol. The third-order valence-electron chi connectivity index (χ3n) is 2.28. The Labute approximate surface area is 69.4 Å². The molecular weight excluding hydrogens is 136 g/mol. The molecule has 0 atom stereocenters. The Morgan fingerprint density at radius 3 is 2.55 bits per heavy atom. The molecule has 1 aliphatic carbocycles. The van der Waals surface area contributed by atoms with Crippen LogP contribution in [0.15, 0.2) is 12.3 Å². The summed E-state index contributed by atoms with van der Waals surface area (Å²) in [7, 11) is 0. The summed E-state index contributed by atoms with van der Waals surface area (Å²) in [5.74, 6) is 0.955. The first-order valence-corrected chi connectivity index (χ1v) is 4.67. The van der Waals surface area contributed by atoms with Gasteiger partial charge in [-0.2, -0.15) is 0 Å². The molecule has 0 spiro atoms. The largest absolute Gasteiger partial charge is 0.495 e. The lowest BCUT2D eigenvalue weighted by molar-refractivity contribution is 0.0792.